The molecule has 0 bridgehead atoms. The number of ether oxygens (including phenoxy) is 1. The van der Waals surface area contributed by atoms with Gasteiger partial charge in [0.25, 0.3) is 5.91 Å². The zero-order valence-electron chi connectivity index (χ0n) is 14.5. The van der Waals surface area contributed by atoms with Gasteiger partial charge in [-0.2, -0.15) is 0 Å². The molecule has 0 radical (unpaired) electrons. The second-order valence-corrected chi connectivity index (χ2v) is 6.69. The summed E-state index contributed by atoms with van der Waals surface area (Å²) < 4.78 is 5.15. The van der Waals surface area contributed by atoms with Crippen LogP contribution in [0.1, 0.15) is 31.7 Å². The van der Waals surface area contributed by atoms with Crippen LogP contribution in [0.4, 0.5) is 4.79 Å². The van der Waals surface area contributed by atoms with Gasteiger partial charge >= 0.3 is 6.03 Å². The van der Waals surface area contributed by atoms with Crippen LogP contribution in [0, 0.1) is 5.92 Å². The molecule has 3 rings (SSSR count). The quantitative estimate of drug-likeness (QED) is 0.630. The maximum Gasteiger partial charge on any atom is 0.327 e. The third-order valence-electron chi connectivity index (χ3n) is 5.37. The zero-order chi connectivity index (χ0) is 17.3. The van der Waals surface area contributed by atoms with Crippen LogP contribution in [0.3, 0.4) is 0 Å². The van der Waals surface area contributed by atoms with Gasteiger partial charge in [-0.15, -0.1) is 0 Å². The smallest absolute Gasteiger partial charge is 0.327 e. The van der Waals surface area contributed by atoms with Crippen molar-refractivity contribution >= 4 is 11.9 Å². The summed E-state index contributed by atoms with van der Waals surface area (Å²) in [7, 11) is 3.34. The minimum Gasteiger partial charge on any atom is -0.497 e. The molecule has 3 amide bonds. The van der Waals surface area contributed by atoms with Crippen LogP contribution >= 0.6 is 0 Å². The number of hydrogen-bond donors (Lipinski definition) is 0. The molecule has 128 valence electrons. The van der Waals surface area contributed by atoms with Gasteiger partial charge in [0, 0.05) is 13.0 Å². The van der Waals surface area contributed by atoms with Crippen LogP contribution < -0.4 is 4.74 Å². The molecule has 2 atom stereocenters. The minimum atomic E-state index is -0.791. The predicted octanol–water partition coefficient (Wildman–Crippen LogP) is 3.20. The van der Waals surface area contributed by atoms with Gasteiger partial charge in [0.15, 0.2) is 0 Å². The van der Waals surface area contributed by atoms with Gasteiger partial charge in [-0.25, -0.2) is 4.79 Å². The second-order valence-electron chi connectivity index (χ2n) is 6.69. The van der Waals surface area contributed by atoms with Gasteiger partial charge in [-0.1, -0.05) is 24.3 Å². The molecule has 1 aliphatic carbocycles. The first-order chi connectivity index (χ1) is 11.5. The van der Waals surface area contributed by atoms with Gasteiger partial charge in [-0.3, -0.25) is 9.69 Å². The number of likely N-dealkylation sites (N-methyl/N-ethyl adjacent to an activating group) is 1. The Labute approximate surface area is 142 Å². The highest BCUT2D eigenvalue weighted by Gasteiger charge is 2.55. The first kappa shape index (κ1) is 16.6. The molecule has 1 saturated heterocycles. The number of carbonyl (C=O) groups excluding carboxylic acids is 2. The molecule has 5 heteroatoms. The molecular weight excluding hydrogens is 304 g/mol. The topological polar surface area (TPSA) is 49.9 Å². The Balaban J connectivity index is 1.84. The maximum atomic E-state index is 13.1. The Morgan fingerprint density at radius 1 is 1.25 bits per heavy atom. The molecule has 1 aliphatic heterocycles. The van der Waals surface area contributed by atoms with Gasteiger partial charge < -0.3 is 9.64 Å². The first-order valence-corrected chi connectivity index (χ1v) is 8.38. The van der Waals surface area contributed by atoms with Crippen molar-refractivity contribution < 1.29 is 14.3 Å². The summed E-state index contributed by atoms with van der Waals surface area (Å²) in [5, 5.41) is 0. The van der Waals surface area contributed by atoms with E-state index < -0.39 is 5.54 Å². The van der Waals surface area contributed by atoms with Gasteiger partial charge in [0.05, 0.1) is 13.7 Å². The van der Waals surface area contributed by atoms with Crippen LogP contribution in [-0.2, 0) is 11.3 Å². The highest BCUT2D eigenvalue weighted by atomic mass is 16.5. The molecule has 0 N–H and O–H groups in total. The number of urea groups is 1. The maximum absolute atomic E-state index is 13.1. The number of carbonyl (C=O) groups is 2. The van der Waals surface area contributed by atoms with Gasteiger partial charge in [0.1, 0.15) is 11.3 Å². The van der Waals surface area contributed by atoms with Crippen molar-refractivity contribution in [3.8, 4) is 5.75 Å². The largest absolute Gasteiger partial charge is 0.497 e. The number of rotatable bonds is 4. The van der Waals surface area contributed by atoms with Crippen LogP contribution in [0.15, 0.2) is 36.4 Å². The van der Waals surface area contributed by atoms with Crippen molar-refractivity contribution in [1.82, 2.24) is 9.80 Å². The van der Waals surface area contributed by atoms with Crippen molar-refractivity contribution in [2.24, 2.45) is 5.92 Å². The van der Waals surface area contributed by atoms with E-state index in [1.165, 1.54) is 4.90 Å². The first-order valence-electron chi connectivity index (χ1n) is 8.38. The summed E-state index contributed by atoms with van der Waals surface area (Å²) in [6, 6.07) is 7.23. The highest BCUT2D eigenvalue weighted by molar-refractivity contribution is 6.07. The fourth-order valence-corrected chi connectivity index (χ4v) is 3.62. The van der Waals surface area contributed by atoms with E-state index in [-0.39, 0.29) is 24.4 Å². The third kappa shape index (κ3) is 2.58. The number of benzene rings is 1. The fraction of sp³-hybridized carbons (Fsp3) is 0.474. The summed E-state index contributed by atoms with van der Waals surface area (Å²) >= 11 is 0. The molecule has 24 heavy (non-hydrogen) atoms. The summed E-state index contributed by atoms with van der Waals surface area (Å²) in [6.45, 7) is 2.18. The van der Waals surface area contributed by atoms with Crippen molar-refractivity contribution in [3.63, 3.8) is 0 Å². The van der Waals surface area contributed by atoms with Crippen molar-refractivity contribution in [2.45, 2.75) is 38.3 Å². The number of methoxy groups -OCH3 is 1. The second kappa shape index (κ2) is 6.30. The summed E-state index contributed by atoms with van der Waals surface area (Å²) in [6.07, 6.45) is 7.27. The van der Waals surface area contributed by atoms with Crippen LogP contribution in [0.25, 0.3) is 0 Å². The lowest BCUT2D eigenvalue weighted by molar-refractivity contribution is -0.134. The molecule has 0 saturated carbocycles. The van der Waals surface area contributed by atoms with E-state index in [4.69, 9.17) is 4.74 Å². The Hall–Kier alpha value is -2.30. The molecule has 2 unspecified atom stereocenters. The molecule has 1 aromatic rings. The lowest BCUT2D eigenvalue weighted by Crippen LogP contribution is -2.51. The van der Waals surface area contributed by atoms with Crippen LogP contribution in [0.2, 0.25) is 0 Å². The Morgan fingerprint density at radius 2 is 1.96 bits per heavy atom. The van der Waals surface area contributed by atoms with Crippen LogP contribution in [0.5, 0.6) is 5.75 Å². The number of nitrogens with zero attached hydrogens (tertiary/aromatic N) is 2. The Morgan fingerprint density at radius 3 is 2.54 bits per heavy atom. The van der Waals surface area contributed by atoms with Gasteiger partial charge in [0.2, 0.25) is 0 Å². The molecule has 1 aromatic carbocycles. The monoisotopic (exact) mass is 328 g/mol. The SMILES string of the molecule is COc1ccc(CN2C(=O)N(C)C(C)(C3C=CCCC3)C2=O)cc1. The van der Waals surface area contributed by atoms with Gasteiger partial charge in [-0.05, 0) is 43.9 Å². The zero-order valence-corrected chi connectivity index (χ0v) is 14.5. The standard InChI is InChI=1S/C19H24N2O3/c1-19(15-7-5-4-6-8-15)17(22)21(18(23)20(19)2)13-14-9-11-16(24-3)12-10-14/h5,7,9-12,15H,4,6,8,13H2,1-3H3. The van der Waals surface area contributed by atoms with E-state index in [2.05, 4.69) is 12.2 Å². The minimum absolute atomic E-state index is 0.0774. The Kier molecular flexibility index (Phi) is 4.35. The highest BCUT2D eigenvalue weighted by Crippen LogP contribution is 2.38. The van der Waals surface area contributed by atoms with E-state index >= 15 is 0 Å². The Bertz CT molecular complexity index is 668. The fourth-order valence-electron chi connectivity index (χ4n) is 3.62. The molecule has 1 heterocycles. The molecule has 0 aromatic heterocycles. The average molecular weight is 328 g/mol. The van der Waals surface area contributed by atoms with Crippen LogP contribution in [-0.4, -0.2) is 41.4 Å². The predicted molar refractivity (Wildman–Crippen MR) is 91.6 cm³/mol. The molecule has 2 aliphatic rings. The normalized spacial score (nSPS) is 27.0. The molecule has 0 spiro atoms. The summed E-state index contributed by atoms with van der Waals surface area (Å²) in [5.74, 6) is 0.725. The van der Waals surface area contributed by atoms with Crippen molar-refractivity contribution in [1.29, 1.82) is 0 Å². The van der Waals surface area contributed by atoms with E-state index in [0.717, 1.165) is 30.6 Å². The summed E-state index contributed by atoms with van der Waals surface area (Å²) in [4.78, 5) is 28.7. The molecule has 1 fully saturated rings. The lowest BCUT2D eigenvalue weighted by Gasteiger charge is -2.36. The van der Waals surface area contributed by atoms with E-state index in [0.29, 0.717) is 0 Å². The van der Waals surface area contributed by atoms with Crippen molar-refractivity contribution in [3.05, 3.63) is 42.0 Å². The van der Waals surface area contributed by atoms with E-state index in [9.17, 15) is 9.59 Å². The van der Waals surface area contributed by atoms with Crippen molar-refractivity contribution in [2.75, 3.05) is 14.2 Å². The average Bonchev–Trinajstić information content (AvgIpc) is 2.79. The molecule has 5 nitrogen and oxygen atoms in total. The number of imide groups is 1. The third-order valence-corrected chi connectivity index (χ3v) is 5.37. The van der Waals surface area contributed by atoms with E-state index in [1.54, 1.807) is 19.1 Å². The number of hydrogen-bond acceptors (Lipinski definition) is 3. The lowest BCUT2D eigenvalue weighted by atomic mass is 9.78. The summed E-state index contributed by atoms with van der Waals surface area (Å²) in [5.41, 5.74) is 0.120. The molecular formula is C19H24N2O3. The van der Waals surface area contributed by atoms with E-state index in [1.807, 2.05) is 31.2 Å². The number of amides is 3. The number of allylic oxidation sites excluding steroid dienone is 1.